The van der Waals surface area contributed by atoms with E-state index in [1.807, 2.05) is 13.8 Å². The monoisotopic (exact) mass is 246 g/mol. The Morgan fingerprint density at radius 1 is 1.12 bits per heavy atom. The highest BCUT2D eigenvalue weighted by Crippen LogP contribution is 2.10. The van der Waals surface area contributed by atoms with Gasteiger partial charge in [0.25, 0.3) is 0 Å². The van der Waals surface area contributed by atoms with E-state index in [2.05, 4.69) is 0 Å². The van der Waals surface area contributed by atoms with Gasteiger partial charge in [0.15, 0.2) is 0 Å². The summed E-state index contributed by atoms with van der Waals surface area (Å²) >= 11 is 0. The Morgan fingerprint density at radius 3 is 2.18 bits per heavy atom. The molecule has 0 heterocycles. The molecule has 0 aliphatic heterocycles. The van der Waals surface area contributed by atoms with Crippen molar-refractivity contribution in [2.75, 3.05) is 0 Å². The highest BCUT2D eigenvalue weighted by atomic mass is 16.5. The molecule has 0 saturated heterocycles. The fourth-order valence-electron chi connectivity index (χ4n) is 1.58. The molecule has 0 amide bonds. The summed E-state index contributed by atoms with van der Waals surface area (Å²) in [4.78, 5) is 22.0. The lowest BCUT2D eigenvalue weighted by molar-refractivity contribution is -0.155. The van der Waals surface area contributed by atoms with E-state index in [1.165, 1.54) is 0 Å². The van der Waals surface area contributed by atoms with Gasteiger partial charge in [-0.25, -0.2) is 0 Å². The quantitative estimate of drug-likeness (QED) is 0.605. The first kappa shape index (κ1) is 15.9. The number of aliphatic carboxylic acids is 1. The van der Waals surface area contributed by atoms with Crippen molar-refractivity contribution < 1.29 is 24.5 Å². The predicted octanol–water partition coefficient (Wildman–Crippen LogP) is 1.72. The second-order valence-corrected chi connectivity index (χ2v) is 4.15. The van der Waals surface area contributed by atoms with Crippen molar-refractivity contribution in [3.63, 3.8) is 0 Å². The van der Waals surface area contributed by atoms with Crippen LogP contribution in [-0.4, -0.2) is 34.4 Å². The number of carboxylic acids is 1. The van der Waals surface area contributed by atoms with Gasteiger partial charge in [0.1, 0.15) is 6.10 Å². The lowest BCUT2D eigenvalue weighted by atomic mass is 10.1. The van der Waals surface area contributed by atoms with Crippen LogP contribution in [0.4, 0.5) is 0 Å². The summed E-state index contributed by atoms with van der Waals surface area (Å²) in [6.45, 7) is 3.81. The van der Waals surface area contributed by atoms with E-state index in [9.17, 15) is 14.7 Å². The molecule has 0 radical (unpaired) electrons. The number of esters is 1. The van der Waals surface area contributed by atoms with Crippen molar-refractivity contribution in [2.24, 2.45) is 0 Å². The maximum absolute atomic E-state index is 11.4. The summed E-state index contributed by atoms with van der Waals surface area (Å²) < 4.78 is 5.04. The molecular formula is C12H22O5. The van der Waals surface area contributed by atoms with E-state index >= 15 is 0 Å². The topological polar surface area (TPSA) is 83.8 Å². The first-order chi connectivity index (χ1) is 7.99. The number of hydrogen-bond acceptors (Lipinski definition) is 4. The Bertz CT molecular complexity index is 239. The van der Waals surface area contributed by atoms with E-state index in [4.69, 9.17) is 9.84 Å². The molecular weight excluding hydrogens is 224 g/mol. The van der Waals surface area contributed by atoms with Gasteiger partial charge in [-0.3, -0.25) is 9.59 Å². The smallest absolute Gasteiger partial charge is 0.308 e. The highest BCUT2D eigenvalue weighted by Gasteiger charge is 2.19. The molecule has 0 aliphatic rings. The van der Waals surface area contributed by atoms with Crippen molar-refractivity contribution in [3.05, 3.63) is 0 Å². The summed E-state index contributed by atoms with van der Waals surface area (Å²) in [6.07, 6.45) is 1.11. The van der Waals surface area contributed by atoms with E-state index in [-0.39, 0.29) is 12.8 Å². The van der Waals surface area contributed by atoms with Crippen molar-refractivity contribution in [2.45, 2.75) is 64.6 Å². The second kappa shape index (κ2) is 8.98. The fraction of sp³-hybridized carbons (Fsp3) is 0.833. The fourth-order valence-corrected chi connectivity index (χ4v) is 1.58. The average molecular weight is 246 g/mol. The summed E-state index contributed by atoms with van der Waals surface area (Å²) in [6, 6.07) is 0. The summed E-state index contributed by atoms with van der Waals surface area (Å²) in [5.74, 6) is -1.50. The van der Waals surface area contributed by atoms with Crippen molar-refractivity contribution in [1.82, 2.24) is 0 Å². The highest BCUT2D eigenvalue weighted by molar-refractivity contribution is 5.71. The minimum atomic E-state index is -0.981. The van der Waals surface area contributed by atoms with Crippen LogP contribution < -0.4 is 0 Å². The maximum Gasteiger partial charge on any atom is 0.308 e. The Kier molecular flexibility index (Phi) is 8.40. The summed E-state index contributed by atoms with van der Waals surface area (Å²) in [7, 11) is 0. The molecule has 0 aromatic carbocycles. The minimum absolute atomic E-state index is 0.0618. The molecule has 0 rings (SSSR count). The summed E-state index contributed by atoms with van der Waals surface area (Å²) in [5.41, 5.74) is 0. The lowest BCUT2D eigenvalue weighted by Crippen LogP contribution is -2.24. The number of carbonyl (C=O) groups is 2. The zero-order valence-electron chi connectivity index (χ0n) is 10.5. The molecule has 0 spiro atoms. The van der Waals surface area contributed by atoms with Gasteiger partial charge < -0.3 is 14.9 Å². The van der Waals surface area contributed by atoms with Crippen LogP contribution in [0.25, 0.3) is 0 Å². The van der Waals surface area contributed by atoms with Gasteiger partial charge in [0.2, 0.25) is 0 Å². The Morgan fingerprint density at radius 2 is 1.71 bits per heavy atom. The number of carboxylic acid groups (broad SMARTS) is 1. The van der Waals surface area contributed by atoms with Gasteiger partial charge in [-0.15, -0.1) is 0 Å². The van der Waals surface area contributed by atoms with Gasteiger partial charge in [-0.1, -0.05) is 26.7 Å². The van der Waals surface area contributed by atoms with Crippen molar-refractivity contribution in [3.8, 4) is 0 Å². The van der Waals surface area contributed by atoms with Gasteiger partial charge in [0, 0.05) is 0 Å². The van der Waals surface area contributed by atoms with Crippen LogP contribution >= 0.6 is 0 Å². The molecule has 0 aliphatic carbocycles. The zero-order chi connectivity index (χ0) is 13.3. The van der Waals surface area contributed by atoms with Gasteiger partial charge in [-0.2, -0.15) is 0 Å². The van der Waals surface area contributed by atoms with Crippen molar-refractivity contribution >= 4 is 11.9 Å². The zero-order valence-corrected chi connectivity index (χ0v) is 10.5. The molecule has 0 saturated carbocycles. The summed E-state index contributed by atoms with van der Waals surface area (Å²) in [5, 5.41) is 18.1. The largest absolute Gasteiger partial charge is 0.481 e. The Hall–Kier alpha value is -1.10. The number of ether oxygens (including phenoxy) is 1. The molecule has 100 valence electrons. The number of aliphatic hydroxyl groups excluding tert-OH is 1. The molecule has 5 heteroatoms. The van der Waals surface area contributed by atoms with E-state index in [0.29, 0.717) is 12.8 Å². The van der Waals surface area contributed by atoms with Gasteiger partial charge in [0.05, 0.1) is 18.9 Å². The molecule has 2 N–H and O–H groups in total. The Labute approximate surface area is 102 Å². The van der Waals surface area contributed by atoms with Gasteiger partial charge in [-0.05, 0) is 12.8 Å². The molecule has 0 fully saturated rings. The average Bonchev–Trinajstić information content (AvgIpc) is 2.16. The van der Waals surface area contributed by atoms with Crippen LogP contribution in [-0.2, 0) is 14.3 Å². The van der Waals surface area contributed by atoms with E-state index in [1.54, 1.807) is 0 Å². The van der Waals surface area contributed by atoms with Crippen LogP contribution in [0.2, 0.25) is 0 Å². The molecule has 0 aromatic rings. The van der Waals surface area contributed by atoms with Crippen LogP contribution in [0.3, 0.4) is 0 Å². The maximum atomic E-state index is 11.4. The molecule has 5 nitrogen and oxygen atoms in total. The second-order valence-electron chi connectivity index (χ2n) is 4.15. The SMILES string of the molecule is CCCC(O)CC(=O)OC(CCC)CC(=O)O. The van der Waals surface area contributed by atoms with Gasteiger partial charge >= 0.3 is 11.9 Å². The third-order valence-electron chi connectivity index (χ3n) is 2.34. The normalized spacial score (nSPS) is 14.1. The van der Waals surface area contributed by atoms with E-state index in [0.717, 1.165) is 12.8 Å². The molecule has 2 atom stereocenters. The molecule has 0 bridgehead atoms. The number of aliphatic hydroxyl groups is 1. The third kappa shape index (κ3) is 8.68. The predicted molar refractivity (Wildman–Crippen MR) is 62.6 cm³/mol. The Balaban J connectivity index is 4.06. The molecule has 0 aromatic heterocycles. The van der Waals surface area contributed by atoms with Crippen LogP contribution in [0.5, 0.6) is 0 Å². The minimum Gasteiger partial charge on any atom is -0.481 e. The number of carbonyl (C=O) groups excluding carboxylic acids is 1. The van der Waals surface area contributed by atoms with Crippen molar-refractivity contribution in [1.29, 1.82) is 0 Å². The van der Waals surface area contributed by atoms with Crippen LogP contribution in [0.15, 0.2) is 0 Å². The van der Waals surface area contributed by atoms with Crippen LogP contribution in [0.1, 0.15) is 52.4 Å². The number of hydrogen-bond donors (Lipinski definition) is 2. The van der Waals surface area contributed by atoms with Crippen LogP contribution in [0, 0.1) is 0 Å². The molecule has 17 heavy (non-hydrogen) atoms. The number of rotatable bonds is 9. The first-order valence-corrected chi connectivity index (χ1v) is 6.08. The third-order valence-corrected chi connectivity index (χ3v) is 2.34. The molecule has 2 unspecified atom stereocenters. The standard InChI is InChI=1S/C12H22O5/c1-3-5-9(13)7-12(16)17-10(6-4-2)8-11(14)15/h9-10,13H,3-8H2,1-2H3,(H,14,15). The first-order valence-electron chi connectivity index (χ1n) is 6.08. The van der Waals surface area contributed by atoms with E-state index < -0.39 is 24.1 Å². The lowest BCUT2D eigenvalue weighted by Gasteiger charge is -2.16.